The highest BCUT2D eigenvalue weighted by atomic mass is 32.1. The number of thiazole rings is 1. The Bertz CT molecular complexity index is 327. The minimum Gasteiger partial charge on any atom is -0.379 e. The minimum atomic E-state index is -4.39. The third-order valence-corrected chi connectivity index (χ3v) is 2.44. The van der Waals surface area contributed by atoms with Gasteiger partial charge in [0.05, 0.1) is 0 Å². The van der Waals surface area contributed by atoms with Crippen molar-refractivity contribution in [1.82, 2.24) is 10.3 Å². The van der Waals surface area contributed by atoms with Gasteiger partial charge >= 0.3 is 6.18 Å². The molecule has 0 amide bonds. The summed E-state index contributed by atoms with van der Waals surface area (Å²) in [7, 11) is 0. The van der Waals surface area contributed by atoms with Crippen LogP contribution in [0, 0.1) is 0 Å². The molecule has 1 heterocycles. The number of hydrogen-bond donors (Lipinski definition) is 3. The van der Waals surface area contributed by atoms with E-state index >= 15 is 0 Å². The number of halogens is 3. The van der Waals surface area contributed by atoms with Gasteiger partial charge in [0.1, 0.15) is 6.23 Å². The van der Waals surface area contributed by atoms with Crippen LogP contribution in [0.3, 0.4) is 0 Å². The molecule has 4 nitrogen and oxygen atoms in total. The molecule has 0 aliphatic heterocycles. The normalized spacial score (nSPS) is 13.8. The minimum absolute atomic E-state index is 0.222. The highest BCUT2D eigenvalue weighted by Crippen LogP contribution is 2.31. The van der Waals surface area contributed by atoms with Crippen molar-refractivity contribution in [2.45, 2.75) is 19.3 Å². The highest BCUT2D eigenvalue weighted by Gasteiger charge is 2.33. The number of nitrogens with one attached hydrogen (secondary N) is 2. The van der Waals surface area contributed by atoms with Gasteiger partial charge in [0, 0.05) is 18.5 Å². The van der Waals surface area contributed by atoms with Crippen molar-refractivity contribution in [3.63, 3.8) is 0 Å². The molecule has 0 saturated carbocycles. The van der Waals surface area contributed by atoms with Crippen LogP contribution in [0.2, 0.25) is 0 Å². The van der Waals surface area contributed by atoms with Crippen LogP contribution in [0.5, 0.6) is 0 Å². The Labute approximate surface area is 94.5 Å². The zero-order chi connectivity index (χ0) is 12.2. The number of anilines is 1. The van der Waals surface area contributed by atoms with E-state index in [0.717, 1.165) is 16.7 Å². The Hall–Kier alpha value is -0.860. The summed E-state index contributed by atoms with van der Waals surface area (Å²) < 4.78 is 36.5. The SMILES string of the molecule is CC(O)NCCNc1nc(C(F)(F)F)cs1. The maximum atomic E-state index is 12.2. The van der Waals surface area contributed by atoms with Crippen molar-refractivity contribution in [3.8, 4) is 0 Å². The quantitative estimate of drug-likeness (QED) is 0.551. The van der Waals surface area contributed by atoms with Gasteiger partial charge in [-0.25, -0.2) is 4.98 Å². The van der Waals surface area contributed by atoms with E-state index in [1.165, 1.54) is 0 Å². The molecule has 1 unspecified atom stereocenters. The molecular formula is C8H12F3N3OS. The number of aromatic nitrogens is 1. The largest absolute Gasteiger partial charge is 0.434 e. The summed E-state index contributed by atoms with van der Waals surface area (Å²) in [6.07, 6.45) is -5.03. The lowest BCUT2D eigenvalue weighted by Gasteiger charge is -2.07. The van der Waals surface area contributed by atoms with E-state index in [-0.39, 0.29) is 5.13 Å². The first kappa shape index (κ1) is 13.2. The highest BCUT2D eigenvalue weighted by molar-refractivity contribution is 7.13. The summed E-state index contributed by atoms with van der Waals surface area (Å²) in [5.74, 6) is 0. The molecule has 3 N–H and O–H groups in total. The summed E-state index contributed by atoms with van der Waals surface area (Å²) in [6, 6.07) is 0. The van der Waals surface area contributed by atoms with E-state index in [0.29, 0.717) is 13.1 Å². The fourth-order valence-corrected chi connectivity index (χ4v) is 1.68. The van der Waals surface area contributed by atoms with Crippen LogP contribution in [0.1, 0.15) is 12.6 Å². The lowest BCUT2D eigenvalue weighted by molar-refractivity contribution is -0.140. The summed E-state index contributed by atoms with van der Waals surface area (Å²) in [5.41, 5.74) is -0.886. The molecule has 0 fully saturated rings. The average molecular weight is 255 g/mol. The van der Waals surface area contributed by atoms with Crippen LogP contribution in [0.4, 0.5) is 18.3 Å². The number of aliphatic hydroxyl groups is 1. The van der Waals surface area contributed by atoms with E-state index in [9.17, 15) is 13.2 Å². The van der Waals surface area contributed by atoms with Crippen LogP contribution in [0.25, 0.3) is 0 Å². The van der Waals surface area contributed by atoms with Gasteiger partial charge in [-0.2, -0.15) is 13.2 Å². The molecule has 1 aromatic heterocycles. The third-order valence-electron chi connectivity index (χ3n) is 1.64. The first-order valence-electron chi connectivity index (χ1n) is 4.57. The third kappa shape index (κ3) is 4.33. The molecule has 8 heteroatoms. The zero-order valence-electron chi connectivity index (χ0n) is 8.51. The number of hydrogen-bond acceptors (Lipinski definition) is 5. The number of aliphatic hydroxyl groups excluding tert-OH is 1. The lowest BCUT2D eigenvalue weighted by atomic mass is 10.5. The fraction of sp³-hybridized carbons (Fsp3) is 0.625. The number of alkyl halides is 3. The second-order valence-electron chi connectivity index (χ2n) is 3.09. The molecule has 1 aromatic rings. The Morgan fingerprint density at radius 2 is 2.19 bits per heavy atom. The molecule has 0 bridgehead atoms. The van der Waals surface area contributed by atoms with Crippen LogP contribution in [0.15, 0.2) is 5.38 Å². The molecule has 0 aliphatic carbocycles. The smallest absolute Gasteiger partial charge is 0.379 e. The topological polar surface area (TPSA) is 57.2 Å². The van der Waals surface area contributed by atoms with Gasteiger partial charge in [-0.15, -0.1) is 11.3 Å². The molecule has 1 atom stereocenters. The van der Waals surface area contributed by atoms with Gasteiger partial charge in [0.15, 0.2) is 10.8 Å². The average Bonchev–Trinajstić information content (AvgIpc) is 2.59. The predicted octanol–water partition coefficient (Wildman–Crippen LogP) is 1.50. The molecule has 1 rings (SSSR count). The predicted molar refractivity (Wildman–Crippen MR) is 55.3 cm³/mol. The van der Waals surface area contributed by atoms with Crippen molar-refractivity contribution in [1.29, 1.82) is 0 Å². The zero-order valence-corrected chi connectivity index (χ0v) is 9.32. The van der Waals surface area contributed by atoms with E-state index in [4.69, 9.17) is 5.11 Å². The molecule has 0 spiro atoms. The van der Waals surface area contributed by atoms with Crippen LogP contribution in [-0.2, 0) is 6.18 Å². The lowest BCUT2D eigenvalue weighted by Crippen LogP contribution is -2.30. The maximum absolute atomic E-state index is 12.2. The molecule has 16 heavy (non-hydrogen) atoms. The molecule has 0 aliphatic rings. The van der Waals surface area contributed by atoms with Crippen LogP contribution in [-0.4, -0.2) is 29.4 Å². The van der Waals surface area contributed by atoms with Gasteiger partial charge < -0.3 is 10.4 Å². The van der Waals surface area contributed by atoms with Gasteiger partial charge in [-0.3, -0.25) is 5.32 Å². The second-order valence-corrected chi connectivity index (χ2v) is 3.95. The van der Waals surface area contributed by atoms with Gasteiger partial charge in [-0.1, -0.05) is 0 Å². The van der Waals surface area contributed by atoms with Crippen molar-refractivity contribution in [3.05, 3.63) is 11.1 Å². The summed E-state index contributed by atoms with van der Waals surface area (Å²) in [4.78, 5) is 3.39. The monoisotopic (exact) mass is 255 g/mol. The standard InChI is InChI=1S/C8H12F3N3OS/c1-5(15)12-2-3-13-7-14-6(4-16-7)8(9,10)11/h4-5,12,15H,2-3H2,1H3,(H,13,14). The van der Waals surface area contributed by atoms with E-state index < -0.39 is 18.1 Å². The van der Waals surface area contributed by atoms with E-state index in [2.05, 4.69) is 15.6 Å². The van der Waals surface area contributed by atoms with Crippen molar-refractivity contribution >= 4 is 16.5 Å². The van der Waals surface area contributed by atoms with Gasteiger partial charge in [0.2, 0.25) is 0 Å². The van der Waals surface area contributed by atoms with Crippen molar-refractivity contribution in [2.24, 2.45) is 0 Å². The van der Waals surface area contributed by atoms with Crippen molar-refractivity contribution in [2.75, 3.05) is 18.4 Å². The Morgan fingerprint density at radius 3 is 2.69 bits per heavy atom. The fourth-order valence-electron chi connectivity index (χ4n) is 0.936. The summed E-state index contributed by atoms with van der Waals surface area (Å²) >= 11 is 0.903. The Morgan fingerprint density at radius 1 is 1.50 bits per heavy atom. The van der Waals surface area contributed by atoms with Crippen LogP contribution >= 0.6 is 11.3 Å². The number of rotatable bonds is 5. The maximum Gasteiger partial charge on any atom is 0.434 e. The van der Waals surface area contributed by atoms with E-state index in [1.807, 2.05) is 0 Å². The number of nitrogens with zero attached hydrogens (tertiary/aromatic N) is 1. The van der Waals surface area contributed by atoms with Gasteiger partial charge in [-0.05, 0) is 6.92 Å². The summed E-state index contributed by atoms with van der Waals surface area (Å²) in [5, 5.41) is 15.5. The molecule has 0 radical (unpaired) electrons. The molecule has 92 valence electrons. The second kappa shape index (κ2) is 5.46. The van der Waals surface area contributed by atoms with E-state index in [1.54, 1.807) is 6.92 Å². The summed E-state index contributed by atoms with van der Waals surface area (Å²) in [6.45, 7) is 2.40. The Kier molecular flexibility index (Phi) is 4.51. The molecule has 0 aromatic carbocycles. The van der Waals surface area contributed by atoms with Crippen LogP contribution < -0.4 is 10.6 Å². The first-order valence-corrected chi connectivity index (χ1v) is 5.45. The molecule has 0 saturated heterocycles. The molecular weight excluding hydrogens is 243 g/mol. The van der Waals surface area contributed by atoms with Gasteiger partial charge in [0.25, 0.3) is 0 Å². The first-order chi connectivity index (χ1) is 7.39. The van der Waals surface area contributed by atoms with Crippen molar-refractivity contribution < 1.29 is 18.3 Å². The Balaban J connectivity index is 2.36.